The minimum absolute atomic E-state index is 0.230. The molecule has 0 amide bonds. The van der Waals surface area contributed by atoms with Crippen LogP contribution in [0.25, 0.3) is 30.3 Å². The van der Waals surface area contributed by atoms with Gasteiger partial charge in [-0.25, -0.2) is 9.78 Å². The molecule has 0 bridgehead atoms. The van der Waals surface area contributed by atoms with Crippen molar-refractivity contribution in [1.82, 2.24) is 14.1 Å². The van der Waals surface area contributed by atoms with Crippen LogP contribution in [-0.4, -0.2) is 14.1 Å². The largest absolute Gasteiger partial charge is 0.331 e. The quantitative estimate of drug-likeness (QED) is 0.535. The van der Waals surface area contributed by atoms with Gasteiger partial charge in [-0.15, -0.1) is 22.7 Å². The Labute approximate surface area is 158 Å². The molecule has 0 aliphatic rings. The molecule has 0 N–H and O–H groups in total. The second-order valence-electron chi connectivity index (χ2n) is 6.87. The van der Waals surface area contributed by atoms with Crippen LogP contribution in [0.4, 0.5) is 0 Å². The summed E-state index contributed by atoms with van der Waals surface area (Å²) in [6.45, 7) is 6.67. The zero-order chi connectivity index (χ0) is 18.6. The van der Waals surface area contributed by atoms with Gasteiger partial charge in [-0.1, -0.05) is 26.0 Å². The van der Waals surface area contributed by atoms with Crippen LogP contribution in [0.3, 0.4) is 0 Å². The summed E-state index contributed by atoms with van der Waals surface area (Å²) in [7, 11) is 1.55. The molecule has 0 atom stereocenters. The number of hydrogen-bond acceptors (Lipinski definition) is 5. The highest BCUT2D eigenvalue weighted by atomic mass is 32.1. The summed E-state index contributed by atoms with van der Waals surface area (Å²) in [5.41, 5.74) is 1.37. The third kappa shape index (κ3) is 2.54. The van der Waals surface area contributed by atoms with E-state index in [-0.39, 0.29) is 11.2 Å². The fourth-order valence-electron chi connectivity index (χ4n) is 3.16. The molecule has 4 aromatic rings. The second-order valence-corrected chi connectivity index (χ2v) is 8.90. The predicted molar refractivity (Wildman–Crippen MR) is 110 cm³/mol. The van der Waals surface area contributed by atoms with Crippen LogP contribution in [0, 0.1) is 12.8 Å². The van der Waals surface area contributed by atoms with Crippen molar-refractivity contribution in [3.8, 4) is 9.88 Å². The van der Waals surface area contributed by atoms with Gasteiger partial charge in [-0.05, 0) is 30.5 Å². The molecule has 0 unspecified atom stereocenters. The normalized spacial score (nSPS) is 11.9. The van der Waals surface area contributed by atoms with Crippen LogP contribution >= 0.6 is 22.7 Å². The molecule has 134 valence electrons. The molecule has 3 heterocycles. The van der Waals surface area contributed by atoms with Crippen molar-refractivity contribution in [3.63, 3.8) is 0 Å². The van der Waals surface area contributed by atoms with E-state index in [1.54, 1.807) is 23.0 Å². The maximum Gasteiger partial charge on any atom is 0.331 e. The smallest absolute Gasteiger partial charge is 0.284 e. The molecule has 1 aromatic carbocycles. The molecule has 0 aliphatic heterocycles. The first kappa shape index (κ1) is 17.2. The van der Waals surface area contributed by atoms with Crippen LogP contribution in [0.1, 0.15) is 19.4 Å². The van der Waals surface area contributed by atoms with E-state index in [1.165, 1.54) is 15.9 Å². The van der Waals surface area contributed by atoms with Crippen molar-refractivity contribution in [2.45, 2.75) is 27.3 Å². The average molecular weight is 386 g/mol. The highest BCUT2D eigenvalue weighted by Gasteiger charge is 2.21. The van der Waals surface area contributed by atoms with Gasteiger partial charge in [0.25, 0.3) is 5.56 Å². The van der Waals surface area contributed by atoms with E-state index in [1.807, 2.05) is 31.2 Å². The highest BCUT2D eigenvalue weighted by molar-refractivity contribution is 7.28. The standard InChI is InChI=1S/C19H19N3O2S2/c1-10(2)9-22-18-14(17(23)21(4)19(22)24)11(3)15(26-18)16-20-12-7-5-6-8-13(12)25-16/h5-8,10H,9H2,1-4H3. The second kappa shape index (κ2) is 6.17. The van der Waals surface area contributed by atoms with Gasteiger partial charge in [0, 0.05) is 13.6 Å². The average Bonchev–Trinajstić information content (AvgIpc) is 3.17. The molecule has 0 saturated carbocycles. The molecule has 0 aliphatic carbocycles. The number of aryl methyl sites for hydroxylation is 1. The van der Waals surface area contributed by atoms with Crippen LogP contribution < -0.4 is 11.2 Å². The number of hydrogen-bond donors (Lipinski definition) is 0. The Hall–Kier alpha value is -2.25. The first-order valence-electron chi connectivity index (χ1n) is 8.47. The fourth-order valence-corrected chi connectivity index (χ4v) is 5.56. The van der Waals surface area contributed by atoms with E-state index in [0.717, 1.165) is 30.5 Å². The molecule has 0 fully saturated rings. The van der Waals surface area contributed by atoms with Crippen LogP contribution in [0.5, 0.6) is 0 Å². The van der Waals surface area contributed by atoms with Gasteiger partial charge in [-0.2, -0.15) is 0 Å². The molecule has 26 heavy (non-hydrogen) atoms. The van der Waals surface area contributed by atoms with Crippen molar-refractivity contribution in [3.05, 3.63) is 50.7 Å². The number of rotatable bonds is 3. The number of benzene rings is 1. The number of nitrogens with zero attached hydrogens (tertiary/aromatic N) is 3. The Morgan fingerprint density at radius 1 is 1.15 bits per heavy atom. The summed E-state index contributed by atoms with van der Waals surface area (Å²) < 4.78 is 4.06. The molecular formula is C19H19N3O2S2. The molecule has 5 nitrogen and oxygen atoms in total. The third-order valence-corrected chi connectivity index (χ3v) is 6.95. The molecule has 0 spiro atoms. The SMILES string of the molecule is Cc1c(-c2nc3ccccc3s2)sc2c1c(=O)n(C)c(=O)n2CC(C)C. The lowest BCUT2D eigenvalue weighted by Crippen LogP contribution is -2.38. The Balaban J connectivity index is 2.06. The minimum atomic E-state index is -0.256. The number of thiazole rings is 1. The van der Waals surface area contributed by atoms with E-state index in [9.17, 15) is 9.59 Å². The van der Waals surface area contributed by atoms with Crippen molar-refractivity contribution in [2.75, 3.05) is 0 Å². The Morgan fingerprint density at radius 3 is 2.58 bits per heavy atom. The molecule has 0 radical (unpaired) electrons. The van der Waals surface area contributed by atoms with Crippen LogP contribution in [0.2, 0.25) is 0 Å². The van der Waals surface area contributed by atoms with Crippen LogP contribution in [0.15, 0.2) is 33.9 Å². The van der Waals surface area contributed by atoms with E-state index >= 15 is 0 Å². The maximum atomic E-state index is 12.8. The van der Waals surface area contributed by atoms with E-state index in [0.29, 0.717) is 17.8 Å². The highest BCUT2D eigenvalue weighted by Crippen LogP contribution is 2.39. The van der Waals surface area contributed by atoms with Crippen molar-refractivity contribution < 1.29 is 0 Å². The number of fused-ring (bicyclic) bond motifs is 2. The molecule has 3 aromatic heterocycles. The van der Waals surface area contributed by atoms with Gasteiger partial charge >= 0.3 is 5.69 Å². The minimum Gasteiger partial charge on any atom is -0.284 e. The van der Waals surface area contributed by atoms with Gasteiger partial charge in [0.05, 0.1) is 20.5 Å². The van der Waals surface area contributed by atoms with Crippen LogP contribution in [-0.2, 0) is 13.6 Å². The summed E-state index contributed by atoms with van der Waals surface area (Å²) >= 11 is 3.11. The summed E-state index contributed by atoms with van der Waals surface area (Å²) in [6, 6.07) is 8.01. The van der Waals surface area contributed by atoms with Gasteiger partial charge < -0.3 is 0 Å². The zero-order valence-electron chi connectivity index (χ0n) is 15.1. The van der Waals surface area contributed by atoms with Gasteiger partial charge in [0.1, 0.15) is 9.84 Å². The van der Waals surface area contributed by atoms with Crippen molar-refractivity contribution in [2.24, 2.45) is 13.0 Å². The van der Waals surface area contributed by atoms with E-state index < -0.39 is 0 Å². The predicted octanol–water partition coefficient (Wildman–Crippen LogP) is 4.00. The maximum absolute atomic E-state index is 12.8. The van der Waals surface area contributed by atoms with Crippen molar-refractivity contribution >= 4 is 43.1 Å². The van der Waals surface area contributed by atoms with Crippen molar-refractivity contribution in [1.29, 1.82) is 0 Å². The lowest BCUT2D eigenvalue weighted by Gasteiger charge is -2.11. The monoisotopic (exact) mass is 385 g/mol. The van der Waals surface area contributed by atoms with Gasteiger partial charge in [0.2, 0.25) is 0 Å². The number of thiophene rings is 1. The first-order chi connectivity index (χ1) is 12.4. The van der Waals surface area contributed by atoms with Gasteiger partial charge in [-0.3, -0.25) is 13.9 Å². The molecular weight excluding hydrogens is 366 g/mol. The van der Waals surface area contributed by atoms with E-state index in [4.69, 9.17) is 4.98 Å². The van der Waals surface area contributed by atoms with E-state index in [2.05, 4.69) is 13.8 Å². The topological polar surface area (TPSA) is 56.9 Å². The Bertz CT molecular complexity index is 1220. The zero-order valence-corrected chi connectivity index (χ0v) is 16.7. The van der Waals surface area contributed by atoms with Gasteiger partial charge in [0.15, 0.2) is 0 Å². The lowest BCUT2D eigenvalue weighted by atomic mass is 10.2. The summed E-state index contributed by atoms with van der Waals surface area (Å²) in [5.74, 6) is 0.307. The molecule has 7 heteroatoms. The lowest BCUT2D eigenvalue weighted by molar-refractivity contribution is 0.504. The summed E-state index contributed by atoms with van der Waals surface area (Å²) in [4.78, 5) is 31.9. The fraction of sp³-hybridized carbons (Fsp3) is 0.316. The number of para-hydroxylation sites is 1. The summed E-state index contributed by atoms with van der Waals surface area (Å²) in [6.07, 6.45) is 0. The number of aromatic nitrogens is 3. The molecule has 0 saturated heterocycles. The third-order valence-electron chi connectivity index (χ3n) is 4.45. The summed E-state index contributed by atoms with van der Waals surface area (Å²) in [5, 5.41) is 1.53. The first-order valence-corrected chi connectivity index (χ1v) is 10.1. The molecule has 4 rings (SSSR count). The Kier molecular flexibility index (Phi) is 4.08. The Morgan fingerprint density at radius 2 is 1.88 bits per heavy atom.